The van der Waals surface area contributed by atoms with Crippen LogP contribution in [0.2, 0.25) is 0 Å². The largest absolute Gasteiger partial charge is 0.361 e. The van der Waals surface area contributed by atoms with Crippen molar-refractivity contribution in [3.63, 3.8) is 0 Å². The summed E-state index contributed by atoms with van der Waals surface area (Å²) in [7, 11) is -3.88. The minimum absolute atomic E-state index is 0.126. The lowest BCUT2D eigenvalue weighted by Crippen LogP contribution is -2.66. The Morgan fingerprint density at radius 3 is 2.75 bits per heavy atom. The summed E-state index contributed by atoms with van der Waals surface area (Å²) >= 11 is 1.39. The van der Waals surface area contributed by atoms with Gasteiger partial charge in [0.25, 0.3) is 0 Å². The Labute approximate surface area is 144 Å². The zero-order valence-corrected chi connectivity index (χ0v) is 14.7. The molecule has 0 aromatic heterocycles. The van der Waals surface area contributed by atoms with Gasteiger partial charge in [0.05, 0.1) is 0 Å². The van der Waals surface area contributed by atoms with Crippen LogP contribution in [-0.4, -0.2) is 49.4 Å². The second kappa shape index (κ2) is 8.26. The summed E-state index contributed by atoms with van der Waals surface area (Å²) in [6.07, 6.45) is -1.25. The maximum atomic E-state index is 13.5. The van der Waals surface area contributed by atoms with E-state index in [0.29, 0.717) is 17.1 Å². The third-order valence-corrected chi connectivity index (χ3v) is 6.42. The molecule has 1 amide bonds. The number of nitrogens with one attached hydrogen (secondary N) is 3. The van der Waals surface area contributed by atoms with Crippen LogP contribution in [0.15, 0.2) is 24.3 Å². The van der Waals surface area contributed by atoms with Crippen molar-refractivity contribution in [2.75, 3.05) is 12.3 Å². The highest BCUT2D eigenvalue weighted by molar-refractivity contribution is 7.98. The van der Waals surface area contributed by atoms with Gasteiger partial charge in [-0.3, -0.25) is 10.1 Å². The van der Waals surface area contributed by atoms with Crippen molar-refractivity contribution in [3.8, 4) is 0 Å². The van der Waals surface area contributed by atoms with E-state index in [1.807, 2.05) is 0 Å². The number of thioether (sulfide) groups is 1. The molecule has 1 saturated heterocycles. The van der Waals surface area contributed by atoms with Crippen LogP contribution in [0.25, 0.3) is 0 Å². The molecule has 2 rings (SSSR count). The summed E-state index contributed by atoms with van der Waals surface area (Å²) in [5.74, 6) is -0.169. The molecule has 134 valence electrons. The monoisotopic (exact) mass is 377 g/mol. The second-order valence-corrected chi connectivity index (χ2v) is 8.36. The van der Waals surface area contributed by atoms with Gasteiger partial charge in [0, 0.05) is 24.1 Å². The molecule has 0 saturated carbocycles. The normalized spacial score (nSPS) is 24.6. The van der Waals surface area contributed by atoms with Gasteiger partial charge in [0.15, 0.2) is 11.6 Å². The standard InChI is InChI=1S/C14H20FN3O4S2/c1-9-12(13(19)18-14(20)17-9)24(21,22)16-6-7-23-8-10-4-2-3-5-11(10)15/h2-5,9,12,14,16-17,20H,6-8H2,1H3,(H,18,19). The fraction of sp³-hybridized carbons (Fsp3) is 0.500. The summed E-state index contributed by atoms with van der Waals surface area (Å²) in [6.45, 7) is 1.64. The fourth-order valence-corrected chi connectivity index (χ4v) is 4.88. The molecule has 1 heterocycles. The van der Waals surface area contributed by atoms with Crippen LogP contribution in [0.4, 0.5) is 4.39 Å². The number of hydrogen-bond acceptors (Lipinski definition) is 6. The van der Waals surface area contributed by atoms with Crippen LogP contribution in [-0.2, 0) is 20.6 Å². The third-order valence-electron chi connectivity index (χ3n) is 3.51. The van der Waals surface area contributed by atoms with Crippen LogP contribution in [0.3, 0.4) is 0 Å². The van der Waals surface area contributed by atoms with E-state index in [1.165, 1.54) is 24.8 Å². The van der Waals surface area contributed by atoms with Crippen LogP contribution in [0.5, 0.6) is 0 Å². The summed E-state index contributed by atoms with van der Waals surface area (Å²) in [6, 6.07) is 5.68. The first-order valence-electron chi connectivity index (χ1n) is 7.35. The number of hydrogen-bond donors (Lipinski definition) is 4. The van der Waals surface area contributed by atoms with Crippen molar-refractivity contribution in [2.24, 2.45) is 0 Å². The van der Waals surface area contributed by atoms with Crippen LogP contribution in [0, 0.1) is 5.82 Å². The highest BCUT2D eigenvalue weighted by atomic mass is 32.2. The summed E-state index contributed by atoms with van der Waals surface area (Å²) < 4.78 is 40.3. The van der Waals surface area contributed by atoms with Gasteiger partial charge in [-0.1, -0.05) is 18.2 Å². The molecule has 4 N–H and O–H groups in total. The van der Waals surface area contributed by atoms with Gasteiger partial charge in [-0.2, -0.15) is 11.8 Å². The predicted octanol–water partition coefficient (Wildman–Crippen LogP) is -0.269. The number of carbonyl (C=O) groups excluding carboxylic acids is 1. The number of sulfonamides is 1. The lowest BCUT2D eigenvalue weighted by Gasteiger charge is -2.32. The van der Waals surface area contributed by atoms with Gasteiger partial charge >= 0.3 is 0 Å². The number of rotatable bonds is 7. The Hall–Kier alpha value is -1.20. The average molecular weight is 377 g/mol. The zero-order valence-electron chi connectivity index (χ0n) is 13.0. The first kappa shape index (κ1) is 19.1. The van der Waals surface area contributed by atoms with Gasteiger partial charge in [-0.15, -0.1) is 0 Å². The van der Waals surface area contributed by atoms with Crippen molar-refractivity contribution in [1.29, 1.82) is 0 Å². The molecule has 10 heteroatoms. The van der Waals surface area contributed by atoms with Gasteiger partial charge < -0.3 is 10.4 Å². The predicted molar refractivity (Wildman–Crippen MR) is 90.0 cm³/mol. The summed E-state index contributed by atoms with van der Waals surface area (Å²) in [5, 5.41) is 12.7. The smallest absolute Gasteiger partial charge is 0.244 e. The molecule has 0 spiro atoms. The van der Waals surface area contributed by atoms with Crippen LogP contribution >= 0.6 is 11.8 Å². The summed E-state index contributed by atoms with van der Waals surface area (Å²) in [5.41, 5.74) is 0.559. The van der Waals surface area contributed by atoms with Crippen molar-refractivity contribution in [3.05, 3.63) is 35.6 Å². The van der Waals surface area contributed by atoms with Gasteiger partial charge in [-0.25, -0.2) is 17.5 Å². The lowest BCUT2D eigenvalue weighted by atomic mass is 10.2. The molecule has 0 aliphatic carbocycles. The van der Waals surface area contributed by atoms with E-state index in [9.17, 15) is 22.7 Å². The fourth-order valence-electron chi connectivity index (χ4n) is 2.38. The number of carbonyl (C=O) groups is 1. The number of benzene rings is 1. The van der Waals surface area contributed by atoms with Crippen molar-refractivity contribution in [1.82, 2.24) is 15.4 Å². The maximum absolute atomic E-state index is 13.5. The highest BCUT2D eigenvalue weighted by Crippen LogP contribution is 2.15. The van der Waals surface area contributed by atoms with E-state index in [2.05, 4.69) is 15.4 Å². The number of aliphatic hydroxyl groups excluding tert-OH is 1. The minimum atomic E-state index is -3.88. The van der Waals surface area contributed by atoms with E-state index < -0.39 is 33.6 Å². The van der Waals surface area contributed by atoms with Crippen molar-refractivity contribution < 1.29 is 22.7 Å². The molecular formula is C14H20FN3O4S2. The van der Waals surface area contributed by atoms with Crippen LogP contribution < -0.4 is 15.4 Å². The number of amides is 1. The Morgan fingerprint density at radius 1 is 1.38 bits per heavy atom. The summed E-state index contributed by atoms with van der Waals surface area (Å²) in [4.78, 5) is 11.8. The Balaban J connectivity index is 1.80. The molecule has 1 aromatic carbocycles. The van der Waals surface area contributed by atoms with E-state index >= 15 is 0 Å². The Bertz CT molecular complexity index is 686. The van der Waals surface area contributed by atoms with Crippen molar-refractivity contribution >= 4 is 27.7 Å². The first-order chi connectivity index (χ1) is 11.3. The molecule has 0 radical (unpaired) electrons. The molecule has 1 aliphatic rings. The quantitative estimate of drug-likeness (QED) is 0.488. The Kier molecular flexibility index (Phi) is 6.58. The topological polar surface area (TPSA) is 108 Å². The number of aliphatic hydroxyl groups is 1. The molecule has 3 unspecified atom stereocenters. The number of halogens is 1. The van der Waals surface area contributed by atoms with Gasteiger partial charge in [0.2, 0.25) is 15.9 Å². The molecular weight excluding hydrogens is 357 g/mol. The molecule has 1 aliphatic heterocycles. The van der Waals surface area contributed by atoms with Gasteiger partial charge in [0.1, 0.15) is 5.82 Å². The zero-order chi connectivity index (χ0) is 17.7. The Morgan fingerprint density at radius 2 is 2.08 bits per heavy atom. The van der Waals surface area contributed by atoms with E-state index in [0.717, 1.165) is 0 Å². The molecule has 1 aromatic rings. The average Bonchev–Trinajstić information content (AvgIpc) is 2.47. The van der Waals surface area contributed by atoms with Crippen molar-refractivity contribution in [2.45, 2.75) is 30.3 Å². The molecule has 3 atom stereocenters. The lowest BCUT2D eigenvalue weighted by molar-refractivity contribution is -0.127. The first-order valence-corrected chi connectivity index (χ1v) is 10.1. The molecule has 1 fully saturated rings. The molecule has 0 bridgehead atoms. The van der Waals surface area contributed by atoms with Gasteiger partial charge in [-0.05, 0) is 18.6 Å². The third kappa shape index (κ3) is 4.90. The van der Waals surface area contributed by atoms with E-state index in [4.69, 9.17) is 0 Å². The van der Waals surface area contributed by atoms with E-state index in [-0.39, 0.29) is 12.4 Å². The maximum Gasteiger partial charge on any atom is 0.244 e. The van der Waals surface area contributed by atoms with E-state index in [1.54, 1.807) is 18.2 Å². The SMILES string of the molecule is CC1NC(O)NC(=O)C1S(=O)(=O)NCCSCc1ccccc1F. The van der Waals surface area contributed by atoms with Crippen LogP contribution in [0.1, 0.15) is 12.5 Å². The second-order valence-electron chi connectivity index (χ2n) is 5.37. The molecule has 7 nitrogen and oxygen atoms in total. The highest BCUT2D eigenvalue weighted by Gasteiger charge is 2.41. The minimum Gasteiger partial charge on any atom is -0.361 e. The molecule has 24 heavy (non-hydrogen) atoms.